The molecule has 0 spiro atoms. The quantitative estimate of drug-likeness (QED) is 0.686. The van der Waals surface area contributed by atoms with Crippen molar-refractivity contribution >= 4 is 11.3 Å². The Morgan fingerprint density at radius 1 is 1.80 bits per heavy atom. The van der Waals surface area contributed by atoms with Gasteiger partial charge in [0.25, 0.3) is 0 Å². The molecule has 0 aliphatic rings. The standard InChI is InChI=1S/C7H11NOS/c1-8-6(5-9)7-3-2-4-10-7/h2-4,6,8-9H,5H2,1H3. The summed E-state index contributed by atoms with van der Waals surface area (Å²) in [5.41, 5.74) is 0. The van der Waals surface area contributed by atoms with Gasteiger partial charge in [-0.15, -0.1) is 11.3 Å². The van der Waals surface area contributed by atoms with E-state index in [1.165, 1.54) is 4.88 Å². The lowest BCUT2D eigenvalue weighted by molar-refractivity contribution is 0.253. The van der Waals surface area contributed by atoms with Crippen molar-refractivity contribution in [3.05, 3.63) is 22.4 Å². The van der Waals surface area contributed by atoms with Crippen molar-refractivity contribution in [3.63, 3.8) is 0 Å². The molecule has 0 saturated carbocycles. The molecular weight excluding hydrogens is 146 g/mol. The van der Waals surface area contributed by atoms with Crippen LogP contribution in [0.1, 0.15) is 10.9 Å². The first-order chi connectivity index (χ1) is 4.88. The van der Waals surface area contributed by atoms with Crippen molar-refractivity contribution in [2.75, 3.05) is 13.7 Å². The van der Waals surface area contributed by atoms with E-state index in [1.807, 2.05) is 24.6 Å². The number of rotatable bonds is 3. The second-order valence-electron chi connectivity index (χ2n) is 2.04. The Labute approximate surface area is 64.5 Å². The molecule has 1 aromatic rings. The number of thiophene rings is 1. The largest absolute Gasteiger partial charge is 0.394 e. The molecule has 10 heavy (non-hydrogen) atoms. The molecule has 2 N–H and O–H groups in total. The summed E-state index contributed by atoms with van der Waals surface area (Å²) in [5.74, 6) is 0. The van der Waals surface area contributed by atoms with Crippen LogP contribution in [0.5, 0.6) is 0 Å². The number of hydrogen-bond donors (Lipinski definition) is 2. The van der Waals surface area contributed by atoms with Crippen LogP contribution >= 0.6 is 11.3 Å². The smallest absolute Gasteiger partial charge is 0.0647 e. The second kappa shape index (κ2) is 3.71. The van der Waals surface area contributed by atoms with Gasteiger partial charge >= 0.3 is 0 Å². The average molecular weight is 157 g/mol. The van der Waals surface area contributed by atoms with Gasteiger partial charge < -0.3 is 10.4 Å². The Morgan fingerprint density at radius 2 is 2.60 bits per heavy atom. The van der Waals surface area contributed by atoms with E-state index in [4.69, 9.17) is 5.11 Å². The van der Waals surface area contributed by atoms with Crippen molar-refractivity contribution in [2.45, 2.75) is 6.04 Å². The number of nitrogens with one attached hydrogen (secondary N) is 1. The third kappa shape index (κ3) is 1.56. The van der Waals surface area contributed by atoms with Crippen LogP contribution < -0.4 is 5.32 Å². The third-order valence-electron chi connectivity index (χ3n) is 1.42. The summed E-state index contributed by atoms with van der Waals surface area (Å²) in [6, 6.07) is 4.11. The monoisotopic (exact) mass is 157 g/mol. The maximum Gasteiger partial charge on any atom is 0.0647 e. The van der Waals surface area contributed by atoms with E-state index in [9.17, 15) is 0 Å². The van der Waals surface area contributed by atoms with Crippen LogP contribution in [-0.2, 0) is 0 Å². The van der Waals surface area contributed by atoms with Crippen LogP contribution in [-0.4, -0.2) is 18.8 Å². The predicted octanol–water partition coefficient (Wildman–Crippen LogP) is 1.00. The van der Waals surface area contributed by atoms with Crippen LogP contribution in [0.2, 0.25) is 0 Å². The van der Waals surface area contributed by atoms with Gasteiger partial charge in [0.05, 0.1) is 12.6 Å². The minimum atomic E-state index is 0.111. The summed E-state index contributed by atoms with van der Waals surface area (Å²) in [6.07, 6.45) is 0. The van der Waals surface area contributed by atoms with Crippen LogP contribution in [0.4, 0.5) is 0 Å². The van der Waals surface area contributed by atoms with Crippen LogP contribution in [0.15, 0.2) is 17.5 Å². The molecule has 0 amide bonds. The lowest BCUT2D eigenvalue weighted by Crippen LogP contribution is -2.18. The van der Waals surface area contributed by atoms with Crippen molar-refractivity contribution in [3.8, 4) is 0 Å². The molecule has 1 unspecified atom stereocenters. The van der Waals surface area contributed by atoms with Crippen molar-refractivity contribution in [2.24, 2.45) is 0 Å². The fourth-order valence-corrected chi connectivity index (χ4v) is 1.64. The van der Waals surface area contributed by atoms with Crippen LogP contribution in [0, 0.1) is 0 Å². The van der Waals surface area contributed by atoms with Crippen molar-refractivity contribution < 1.29 is 5.11 Å². The second-order valence-corrected chi connectivity index (χ2v) is 3.02. The van der Waals surface area contributed by atoms with Gasteiger partial charge in [0, 0.05) is 4.88 Å². The maximum atomic E-state index is 8.84. The number of aliphatic hydroxyl groups excluding tert-OH is 1. The van der Waals surface area contributed by atoms with Crippen molar-refractivity contribution in [1.82, 2.24) is 5.32 Å². The number of hydrogen-bond acceptors (Lipinski definition) is 3. The van der Waals surface area contributed by atoms with Gasteiger partial charge in [-0.05, 0) is 18.5 Å². The summed E-state index contributed by atoms with van der Waals surface area (Å²) < 4.78 is 0. The molecule has 1 aromatic heterocycles. The molecule has 1 heterocycles. The first kappa shape index (κ1) is 7.72. The third-order valence-corrected chi connectivity index (χ3v) is 2.40. The van der Waals surface area contributed by atoms with Crippen LogP contribution in [0.25, 0.3) is 0 Å². The molecule has 0 saturated heterocycles. The van der Waals surface area contributed by atoms with Gasteiger partial charge in [-0.1, -0.05) is 6.07 Å². The topological polar surface area (TPSA) is 32.3 Å². The fraction of sp³-hybridized carbons (Fsp3) is 0.429. The van der Waals surface area contributed by atoms with E-state index in [2.05, 4.69) is 5.32 Å². The van der Waals surface area contributed by atoms with Gasteiger partial charge in [-0.2, -0.15) is 0 Å². The number of likely N-dealkylation sites (N-methyl/N-ethyl adjacent to an activating group) is 1. The van der Waals surface area contributed by atoms with Gasteiger partial charge in [0.1, 0.15) is 0 Å². The molecule has 56 valence electrons. The number of aliphatic hydroxyl groups is 1. The highest BCUT2D eigenvalue weighted by Gasteiger charge is 2.06. The Morgan fingerprint density at radius 3 is 3.00 bits per heavy atom. The SMILES string of the molecule is CNC(CO)c1cccs1. The molecule has 1 rings (SSSR count). The highest BCUT2D eigenvalue weighted by atomic mass is 32.1. The van der Waals surface area contributed by atoms with Gasteiger partial charge in [-0.3, -0.25) is 0 Å². The minimum Gasteiger partial charge on any atom is -0.394 e. The summed E-state index contributed by atoms with van der Waals surface area (Å²) in [4.78, 5) is 1.19. The zero-order valence-electron chi connectivity index (χ0n) is 5.87. The van der Waals surface area contributed by atoms with Crippen molar-refractivity contribution in [1.29, 1.82) is 0 Å². The molecule has 0 aromatic carbocycles. The Balaban J connectivity index is 2.64. The minimum absolute atomic E-state index is 0.111. The lowest BCUT2D eigenvalue weighted by atomic mass is 10.2. The molecule has 0 aliphatic heterocycles. The summed E-state index contributed by atoms with van der Waals surface area (Å²) in [5, 5.41) is 13.9. The van der Waals surface area contributed by atoms with Gasteiger partial charge in [-0.25, -0.2) is 0 Å². The van der Waals surface area contributed by atoms with E-state index >= 15 is 0 Å². The van der Waals surface area contributed by atoms with E-state index in [1.54, 1.807) is 11.3 Å². The maximum absolute atomic E-state index is 8.84. The molecule has 3 heteroatoms. The predicted molar refractivity (Wildman–Crippen MR) is 43.2 cm³/mol. The van der Waals surface area contributed by atoms with E-state index in [0.29, 0.717) is 0 Å². The molecule has 2 nitrogen and oxygen atoms in total. The summed E-state index contributed by atoms with van der Waals surface area (Å²) in [6.45, 7) is 0.164. The molecule has 0 aliphatic carbocycles. The molecule has 0 radical (unpaired) electrons. The molecule has 0 bridgehead atoms. The normalized spacial score (nSPS) is 13.4. The molecular formula is C7H11NOS. The Hall–Kier alpha value is -0.380. The van der Waals surface area contributed by atoms with Gasteiger partial charge in [0.15, 0.2) is 0 Å². The van der Waals surface area contributed by atoms with Crippen LogP contribution in [0.3, 0.4) is 0 Å². The lowest BCUT2D eigenvalue weighted by Gasteiger charge is -2.09. The molecule has 0 fully saturated rings. The average Bonchev–Trinajstić information content (AvgIpc) is 2.43. The van der Waals surface area contributed by atoms with E-state index in [0.717, 1.165) is 0 Å². The summed E-state index contributed by atoms with van der Waals surface area (Å²) >= 11 is 1.66. The first-order valence-electron chi connectivity index (χ1n) is 3.20. The van der Waals surface area contributed by atoms with E-state index < -0.39 is 0 Å². The molecule has 1 atom stereocenters. The van der Waals surface area contributed by atoms with E-state index in [-0.39, 0.29) is 12.6 Å². The first-order valence-corrected chi connectivity index (χ1v) is 4.08. The van der Waals surface area contributed by atoms with Gasteiger partial charge in [0.2, 0.25) is 0 Å². The zero-order chi connectivity index (χ0) is 7.40. The summed E-state index contributed by atoms with van der Waals surface area (Å²) in [7, 11) is 1.85. The fourth-order valence-electron chi connectivity index (χ4n) is 0.813. The Bertz CT molecular complexity index is 170. The Kier molecular flexibility index (Phi) is 2.86. The highest BCUT2D eigenvalue weighted by molar-refractivity contribution is 7.10. The zero-order valence-corrected chi connectivity index (χ0v) is 6.69. The highest BCUT2D eigenvalue weighted by Crippen LogP contribution is 2.17.